The van der Waals surface area contributed by atoms with Crippen LogP contribution in [0, 0.1) is 10.1 Å². The van der Waals surface area contributed by atoms with E-state index in [0.29, 0.717) is 41.5 Å². The molecule has 9 nitrogen and oxygen atoms in total. The van der Waals surface area contributed by atoms with E-state index in [1.54, 1.807) is 38.4 Å². The van der Waals surface area contributed by atoms with Gasteiger partial charge in [-0.05, 0) is 53.9 Å². The van der Waals surface area contributed by atoms with E-state index >= 15 is 0 Å². The lowest BCUT2D eigenvalue weighted by molar-refractivity contribution is -0.384. The van der Waals surface area contributed by atoms with Gasteiger partial charge < -0.3 is 23.8 Å². The second-order valence-electron chi connectivity index (χ2n) is 7.94. The van der Waals surface area contributed by atoms with Crippen LogP contribution in [0.3, 0.4) is 0 Å². The van der Waals surface area contributed by atoms with Crippen LogP contribution in [0.5, 0.6) is 23.0 Å². The molecule has 0 unspecified atom stereocenters. The van der Waals surface area contributed by atoms with Crippen LogP contribution >= 0.6 is 0 Å². The van der Waals surface area contributed by atoms with Gasteiger partial charge in [-0.25, -0.2) is 0 Å². The second kappa shape index (κ2) is 10.3. The van der Waals surface area contributed by atoms with Crippen LogP contribution in [0.1, 0.15) is 27.5 Å². The number of non-ortho nitro benzene ring substituents is 1. The Balaban J connectivity index is 1.70. The highest BCUT2D eigenvalue weighted by Crippen LogP contribution is 2.39. The van der Waals surface area contributed by atoms with E-state index in [1.807, 2.05) is 24.3 Å². The molecule has 182 valence electrons. The summed E-state index contributed by atoms with van der Waals surface area (Å²) < 4.78 is 22.5. The Bertz CT molecular complexity index is 1230. The van der Waals surface area contributed by atoms with Crippen molar-refractivity contribution in [3.63, 3.8) is 0 Å². The van der Waals surface area contributed by atoms with Crippen molar-refractivity contribution in [3.05, 3.63) is 87.5 Å². The fourth-order valence-electron chi connectivity index (χ4n) is 4.25. The number of carbonyl (C=O) groups excluding carboxylic acids is 1. The number of nitrogens with zero attached hydrogens (tertiary/aromatic N) is 2. The van der Waals surface area contributed by atoms with Crippen molar-refractivity contribution in [2.24, 2.45) is 0 Å². The third-order valence-corrected chi connectivity index (χ3v) is 6.05. The molecule has 0 spiro atoms. The number of rotatable bonds is 8. The zero-order valence-electron chi connectivity index (χ0n) is 19.7. The first-order valence-corrected chi connectivity index (χ1v) is 11.0. The van der Waals surface area contributed by atoms with Gasteiger partial charge in [0.25, 0.3) is 11.6 Å². The number of carbonyl (C=O) groups is 1. The predicted molar refractivity (Wildman–Crippen MR) is 129 cm³/mol. The number of ether oxygens (including phenoxy) is 4. The average molecular weight is 479 g/mol. The molecule has 4 rings (SSSR count). The summed E-state index contributed by atoms with van der Waals surface area (Å²) in [6.07, 6.45) is 0.611. The zero-order chi connectivity index (χ0) is 24.9. The highest BCUT2D eigenvalue weighted by Gasteiger charge is 2.33. The average Bonchev–Trinajstić information content (AvgIpc) is 2.90. The van der Waals surface area contributed by atoms with Crippen LogP contribution in [0.2, 0.25) is 0 Å². The van der Waals surface area contributed by atoms with E-state index in [9.17, 15) is 14.9 Å². The number of para-hydroxylation sites is 2. The van der Waals surface area contributed by atoms with Gasteiger partial charge in [-0.15, -0.1) is 0 Å². The largest absolute Gasteiger partial charge is 0.493 e. The minimum Gasteiger partial charge on any atom is -0.493 e. The molecular formula is C26H26N2O7. The molecule has 0 aromatic heterocycles. The van der Waals surface area contributed by atoms with Crippen LogP contribution in [0.4, 0.5) is 5.69 Å². The summed E-state index contributed by atoms with van der Waals surface area (Å²) in [5.74, 6) is 2.08. The van der Waals surface area contributed by atoms with Gasteiger partial charge in [0.05, 0.1) is 32.3 Å². The minimum absolute atomic E-state index is 0.0709. The van der Waals surface area contributed by atoms with Crippen LogP contribution in [0.25, 0.3) is 0 Å². The molecule has 3 aromatic carbocycles. The van der Waals surface area contributed by atoms with E-state index in [4.69, 9.17) is 18.9 Å². The number of amides is 1. The lowest BCUT2D eigenvalue weighted by Gasteiger charge is -2.37. The SMILES string of the molecule is COc1cc2c(cc1OC)[C@H](COc1ccccc1OC)N(C(=O)c1ccc([N+](=O)[O-])cc1)CC2. The van der Waals surface area contributed by atoms with Crippen molar-refractivity contribution < 1.29 is 28.7 Å². The molecule has 1 heterocycles. The summed E-state index contributed by atoms with van der Waals surface area (Å²) in [5, 5.41) is 11.0. The zero-order valence-corrected chi connectivity index (χ0v) is 19.7. The van der Waals surface area contributed by atoms with Crippen LogP contribution in [-0.4, -0.2) is 50.2 Å². The van der Waals surface area contributed by atoms with Crippen molar-refractivity contribution in [3.8, 4) is 23.0 Å². The topological polar surface area (TPSA) is 100 Å². The Labute approximate surface area is 202 Å². The Morgan fingerprint density at radius 2 is 1.57 bits per heavy atom. The van der Waals surface area contributed by atoms with Gasteiger partial charge in [0, 0.05) is 24.2 Å². The van der Waals surface area contributed by atoms with E-state index in [1.165, 1.54) is 24.3 Å². The monoisotopic (exact) mass is 478 g/mol. The Hall–Kier alpha value is -4.27. The summed E-state index contributed by atoms with van der Waals surface area (Å²) in [6.45, 7) is 0.611. The van der Waals surface area contributed by atoms with Gasteiger partial charge >= 0.3 is 0 Å². The van der Waals surface area contributed by atoms with Gasteiger partial charge in [-0.3, -0.25) is 14.9 Å². The Morgan fingerprint density at radius 1 is 0.943 bits per heavy atom. The second-order valence-corrected chi connectivity index (χ2v) is 7.94. The van der Waals surface area contributed by atoms with Crippen molar-refractivity contribution >= 4 is 11.6 Å². The quantitative estimate of drug-likeness (QED) is 0.349. The summed E-state index contributed by atoms with van der Waals surface area (Å²) in [5.41, 5.74) is 2.21. The first-order valence-electron chi connectivity index (χ1n) is 11.0. The Morgan fingerprint density at radius 3 is 2.20 bits per heavy atom. The molecule has 1 aliphatic rings. The third kappa shape index (κ3) is 4.84. The van der Waals surface area contributed by atoms with Gasteiger partial charge in [0.1, 0.15) is 6.61 Å². The molecule has 1 atom stereocenters. The fourth-order valence-corrected chi connectivity index (χ4v) is 4.25. The number of fused-ring (bicyclic) bond motifs is 1. The molecular weight excluding hydrogens is 452 g/mol. The van der Waals surface area contributed by atoms with Gasteiger partial charge in [0.2, 0.25) is 0 Å². The molecule has 3 aromatic rings. The van der Waals surface area contributed by atoms with Gasteiger partial charge in [-0.2, -0.15) is 0 Å². The van der Waals surface area contributed by atoms with E-state index in [-0.39, 0.29) is 18.2 Å². The van der Waals surface area contributed by atoms with Crippen molar-refractivity contribution in [2.45, 2.75) is 12.5 Å². The molecule has 0 N–H and O–H groups in total. The van der Waals surface area contributed by atoms with Crippen molar-refractivity contribution in [1.29, 1.82) is 0 Å². The lowest BCUT2D eigenvalue weighted by Crippen LogP contribution is -2.42. The molecule has 1 aliphatic heterocycles. The molecule has 9 heteroatoms. The molecule has 0 bridgehead atoms. The fraction of sp³-hybridized carbons (Fsp3) is 0.269. The highest BCUT2D eigenvalue weighted by atomic mass is 16.6. The number of hydrogen-bond donors (Lipinski definition) is 0. The summed E-state index contributed by atoms with van der Waals surface area (Å²) in [6, 6.07) is 16.3. The van der Waals surface area contributed by atoms with Crippen LogP contribution in [0.15, 0.2) is 60.7 Å². The minimum atomic E-state index is -0.491. The standard InChI is InChI=1S/C26H26N2O7/c1-32-22-6-4-5-7-23(22)35-16-21-20-15-25(34-3)24(33-2)14-18(20)12-13-27(21)26(29)17-8-10-19(11-9-17)28(30)31/h4-11,14-15,21H,12-13,16H2,1-3H3/t21-/m0/s1. The lowest BCUT2D eigenvalue weighted by atomic mass is 9.91. The van der Waals surface area contributed by atoms with E-state index in [0.717, 1.165) is 11.1 Å². The van der Waals surface area contributed by atoms with Gasteiger partial charge in [-0.1, -0.05) is 12.1 Å². The van der Waals surface area contributed by atoms with Gasteiger partial charge in [0.15, 0.2) is 23.0 Å². The summed E-state index contributed by atoms with van der Waals surface area (Å²) >= 11 is 0. The molecule has 0 radical (unpaired) electrons. The molecule has 0 saturated heterocycles. The molecule has 0 fully saturated rings. The predicted octanol–water partition coefficient (Wildman–Crippen LogP) is 4.44. The maximum absolute atomic E-state index is 13.5. The molecule has 35 heavy (non-hydrogen) atoms. The number of hydrogen-bond acceptors (Lipinski definition) is 7. The number of benzene rings is 3. The number of nitro groups is 1. The van der Waals surface area contributed by atoms with Crippen LogP contribution < -0.4 is 18.9 Å². The summed E-state index contributed by atoms with van der Waals surface area (Å²) in [7, 11) is 4.71. The van der Waals surface area contributed by atoms with E-state index < -0.39 is 11.0 Å². The highest BCUT2D eigenvalue weighted by molar-refractivity contribution is 5.95. The van der Waals surface area contributed by atoms with Crippen molar-refractivity contribution in [1.82, 2.24) is 4.90 Å². The molecule has 0 saturated carbocycles. The maximum Gasteiger partial charge on any atom is 0.269 e. The smallest absolute Gasteiger partial charge is 0.269 e. The first kappa shape index (κ1) is 23.9. The molecule has 1 amide bonds. The number of methoxy groups -OCH3 is 3. The van der Waals surface area contributed by atoms with Crippen LogP contribution in [-0.2, 0) is 6.42 Å². The van der Waals surface area contributed by atoms with Crippen molar-refractivity contribution in [2.75, 3.05) is 34.5 Å². The molecule has 0 aliphatic carbocycles. The summed E-state index contributed by atoms with van der Waals surface area (Å²) in [4.78, 5) is 25.8. The maximum atomic E-state index is 13.5. The Kier molecular flexibility index (Phi) is 7.05. The number of nitro benzene ring substituents is 1. The normalized spacial score (nSPS) is 14.6. The third-order valence-electron chi connectivity index (χ3n) is 6.05. The van der Waals surface area contributed by atoms with E-state index in [2.05, 4.69) is 0 Å². The first-order chi connectivity index (χ1) is 17.0.